The first kappa shape index (κ1) is 25.5. The Morgan fingerprint density at radius 2 is 1.70 bits per heavy atom. The van der Waals surface area contributed by atoms with E-state index in [0.717, 1.165) is 21.4 Å². The Hall–Kier alpha value is -1.52. The number of nitrogens with zero attached hydrogens (tertiary/aromatic N) is 1. The van der Waals surface area contributed by atoms with E-state index in [4.69, 9.17) is 0 Å². The highest BCUT2D eigenvalue weighted by molar-refractivity contribution is 8.02. The molecule has 0 fully saturated rings. The second kappa shape index (κ2) is 14.5. The van der Waals surface area contributed by atoms with Crippen LogP contribution in [-0.2, 0) is 5.75 Å². The van der Waals surface area contributed by atoms with Crippen molar-refractivity contribution >= 4 is 35.5 Å². The third-order valence-corrected chi connectivity index (χ3v) is 5.68. The second-order valence-electron chi connectivity index (χ2n) is 6.75. The summed E-state index contributed by atoms with van der Waals surface area (Å²) < 4.78 is 0. The van der Waals surface area contributed by atoms with Crippen LogP contribution in [0.2, 0.25) is 0 Å². The molecule has 0 saturated carbocycles. The van der Waals surface area contributed by atoms with Crippen LogP contribution in [0, 0.1) is 5.41 Å². The number of rotatable bonds is 6. The Morgan fingerprint density at radius 3 is 2.11 bits per heavy atom. The van der Waals surface area contributed by atoms with Gasteiger partial charge in [0.2, 0.25) is 0 Å². The van der Waals surface area contributed by atoms with Crippen LogP contribution in [0.3, 0.4) is 0 Å². The van der Waals surface area contributed by atoms with Crippen LogP contribution in [0.5, 0.6) is 0 Å². The molecule has 0 spiro atoms. The number of hydrogen-bond donors (Lipinski definition) is 1. The van der Waals surface area contributed by atoms with E-state index in [1.807, 2.05) is 33.0 Å². The number of thiophene rings is 1. The maximum atomic E-state index is 4.17. The summed E-state index contributed by atoms with van der Waals surface area (Å²) in [6.45, 7) is 16.6. The fraction of sp³-hybridized carbons (Fsp3) is 0.435. The first-order chi connectivity index (χ1) is 12.9. The van der Waals surface area contributed by atoms with E-state index in [2.05, 4.69) is 80.4 Å². The van der Waals surface area contributed by atoms with Crippen molar-refractivity contribution in [2.45, 2.75) is 53.7 Å². The molecule has 1 N–H and O–H groups in total. The van der Waals surface area contributed by atoms with Gasteiger partial charge in [0, 0.05) is 12.8 Å². The molecule has 2 nitrogen and oxygen atoms in total. The lowest BCUT2D eigenvalue weighted by Gasteiger charge is -2.12. The quantitative estimate of drug-likeness (QED) is 0.499. The zero-order valence-electron chi connectivity index (χ0n) is 18.0. The lowest BCUT2D eigenvalue weighted by molar-refractivity contribution is 0.398. The van der Waals surface area contributed by atoms with Gasteiger partial charge in [0.15, 0.2) is 0 Å². The highest BCUT2D eigenvalue weighted by Gasteiger charge is 2.08. The summed E-state index contributed by atoms with van der Waals surface area (Å²) in [6.07, 6.45) is 1.27. The van der Waals surface area contributed by atoms with E-state index in [9.17, 15) is 0 Å². The van der Waals surface area contributed by atoms with Crippen LogP contribution in [0.25, 0.3) is 5.70 Å². The van der Waals surface area contributed by atoms with Gasteiger partial charge in [-0.3, -0.25) is 4.99 Å². The number of nitrogens with one attached hydrogen (secondary N) is 1. The number of thioether (sulfide) groups is 1. The van der Waals surface area contributed by atoms with E-state index in [1.165, 1.54) is 12.0 Å². The SMILES string of the molecule is C=N/C(=C(/NC)SCc1ccccc1)c1cccs1.CC.CCC(C)(C)C. The van der Waals surface area contributed by atoms with Crippen molar-refractivity contribution in [3.8, 4) is 0 Å². The van der Waals surface area contributed by atoms with Gasteiger partial charge in [-0.2, -0.15) is 0 Å². The van der Waals surface area contributed by atoms with Crippen LogP contribution >= 0.6 is 23.1 Å². The van der Waals surface area contributed by atoms with Gasteiger partial charge in [0.1, 0.15) is 5.70 Å². The fourth-order valence-corrected chi connectivity index (χ4v) is 3.43. The van der Waals surface area contributed by atoms with Crippen molar-refractivity contribution in [2.24, 2.45) is 10.4 Å². The molecule has 0 aliphatic rings. The first-order valence-electron chi connectivity index (χ1n) is 9.50. The predicted octanol–water partition coefficient (Wildman–Crippen LogP) is 7.70. The Bertz CT molecular complexity index is 639. The molecule has 0 atom stereocenters. The van der Waals surface area contributed by atoms with Crippen LogP contribution in [-0.4, -0.2) is 13.8 Å². The third-order valence-electron chi connectivity index (χ3n) is 3.64. The molecule has 1 heterocycles. The van der Waals surface area contributed by atoms with Crippen molar-refractivity contribution in [3.63, 3.8) is 0 Å². The van der Waals surface area contributed by atoms with Gasteiger partial charge in [-0.25, -0.2) is 0 Å². The largest absolute Gasteiger partial charge is 0.381 e. The van der Waals surface area contributed by atoms with E-state index in [0.29, 0.717) is 5.41 Å². The Labute approximate surface area is 175 Å². The molecule has 0 amide bonds. The molecule has 0 bridgehead atoms. The predicted molar refractivity (Wildman–Crippen MR) is 129 cm³/mol. The molecule has 150 valence electrons. The lowest BCUT2D eigenvalue weighted by Crippen LogP contribution is -2.05. The average Bonchev–Trinajstić information content (AvgIpc) is 3.22. The zero-order chi connectivity index (χ0) is 20.7. The van der Waals surface area contributed by atoms with Crippen LogP contribution in [0.4, 0.5) is 0 Å². The molecule has 0 saturated heterocycles. The van der Waals surface area contributed by atoms with Gasteiger partial charge < -0.3 is 5.32 Å². The molecule has 1 aromatic heterocycles. The molecule has 0 aliphatic carbocycles. The number of aliphatic imine (C=N–C) groups is 1. The molecule has 1 aromatic carbocycles. The van der Waals surface area contributed by atoms with Crippen molar-refractivity contribution in [1.29, 1.82) is 0 Å². The molecule has 0 aliphatic heterocycles. The minimum atomic E-state index is 0.542. The number of benzene rings is 1. The highest BCUT2D eigenvalue weighted by atomic mass is 32.2. The summed E-state index contributed by atoms with van der Waals surface area (Å²) in [5.74, 6) is 0.918. The molecule has 0 unspecified atom stereocenters. The molecule has 0 radical (unpaired) electrons. The zero-order valence-corrected chi connectivity index (χ0v) is 19.6. The van der Waals surface area contributed by atoms with Gasteiger partial charge in [0.05, 0.1) is 9.91 Å². The van der Waals surface area contributed by atoms with E-state index in [1.54, 1.807) is 23.1 Å². The second-order valence-corrected chi connectivity index (χ2v) is 8.68. The molecule has 4 heteroatoms. The van der Waals surface area contributed by atoms with E-state index >= 15 is 0 Å². The summed E-state index contributed by atoms with van der Waals surface area (Å²) in [7, 11) is 1.92. The van der Waals surface area contributed by atoms with Gasteiger partial charge in [-0.1, -0.05) is 84.4 Å². The summed E-state index contributed by atoms with van der Waals surface area (Å²) >= 11 is 3.42. The maximum Gasteiger partial charge on any atom is 0.109 e. The average molecular weight is 405 g/mol. The van der Waals surface area contributed by atoms with Crippen molar-refractivity contribution in [1.82, 2.24) is 5.32 Å². The Balaban J connectivity index is 0.000000722. The monoisotopic (exact) mass is 404 g/mol. The van der Waals surface area contributed by atoms with E-state index in [-0.39, 0.29) is 0 Å². The topological polar surface area (TPSA) is 24.4 Å². The van der Waals surface area contributed by atoms with Crippen molar-refractivity contribution < 1.29 is 0 Å². The van der Waals surface area contributed by atoms with Crippen LogP contribution in [0.1, 0.15) is 58.4 Å². The third kappa shape index (κ3) is 11.0. The van der Waals surface area contributed by atoms with Gasteiger partial charge >= 0.3 is 0 Å². The highest BCUT2D eigenvalue weighted by Crippen LogP contribution is 2.30. The van der Waals surface area contributed by atoms with E-state index < -0.39 is 0 Å². The molecule has 2 rings (SSSR count). The summed E-state index contributed by atoms with van der Waals surface area (Å²) in [5.41, 5.74) is 2.77. The molecular formula is C23H36N2S2. The summed E-state index contributed by atoms with van der Waals surface area (Å²) in [6, 6.07) is 14.5. The minimum Gasteiger partial charge on any atom is -0.381 e. The molecular weight excluding hydrogens is 368 g/mol. The standard InChI is InChI=1S/C15H16N2S2.C6H14.C2H6/c1-16-14(13-9-6-10-18-13)15(17-2)19-11-12-7-4-3-5-8-12;1-5-6(2,3)4;1-2/h3-10,17H,1,11H2,2H3;5H2,1-4H3;1-2H3/b15-14-;;. The Morgan fingerprint density at radius 1 is 1.11 bits per heavy atom. The number of hydrogen-bond acceptors (Lipinski definition) is 4. The minimum absolute atomic E-state index is 0.542. The summed E-state index contributed by atoms with van der Waals surface area (Å²) in [4.78, 5) is 5.31. The van der Waals surface area contributed by atoms with Gasteiger partial charge in [-0.05, 0) is 29.1 Å². The lowest BCUT2D eigenvalue weighted by atomic mass is 9.94. The van der Waals surface area contributed by atoms with Crippen molar-refractivity contribution in [3.05, 3.63) is 63.3 Å². The van der Waals surface area contributed by atoms with Crippen LogP contribution in [0.15, 0.2) is 57.9 Å². The van der Waals surface area contributed by atoms with Crippen LogP contribution < -0.4 is 5.32 Å². The molecule has 2 aromatic rings. The smallest absolute Gasteiger partial charge is 0.109 e. The van der Waals surface area contributed by atoms with Gasteiger partial charge in [0.25, 0.3) is 0 Å². The molecule has 27 heavy (non-hydrogen) atoms. The fourth-order valence-electron chi connectivity index (χ4n) is 1.66. The Kier molecular flexibility index (Phi) is 13.7. The van der Waals surface area contributed by atoms with Crippen molar-refractivity contribution in [2.75, 3.05) is 7.05 Å². The summed E-state index contributed by atoms with van der Waals surface area (Å²) in [5, 5.41) is 6.34. The first-order valence-corrected chi connectivity index (χ1v) is 11.4. The normalized spacial score (nSPS) is 11.2. The maximum absolute atomic E-state index is 4.17. The van der Waals surface area contributed by atoms with Gasteiger partial charge in [-0.15, -0.1) is 23.1 Å².